The molecule has 154 valence electrons. The van der Waals surface area contributed by atoms with E-state index in [1.807, 2.05) is 42.2 Å². The first-order valence-electron chi connectivity index (χ1n) is 10.6. The predicted octanol–water partition coefficient (Wildman–Crippen LogP) is 4.23. The maximum absolute atomic E-state index is 13.1. The van der Waals surface area contributed by atoms with Crippen LogP contribution in [0.5, 0.6) is 0 Å². The number of hydrogen-bond donors (Lipinski definition) is 0. The Balaban J connectivity index is 1.38. The van der Waals surface area contributed by atoms with Crippen LogP contribution in [-0.2, 0) is 4.79 Å². The summed E-state index contributed by atoms with van der Waals surface area (Å²) in [6.07, 6.45) is 3.85. The van der Waals surface area contributed by atoms with Crippen molar-refractivity contribution in [3.8, 4) is 10.6 Å². The van der Waals surface area contributed by atoms with E-state index >= 15 is 0 Å². The molecule has 2 aliphatic rings. The SMILES string of the molecule is Cc1nc(-c2ccccc2)sc1C(=O)N1CCC(C(=O)N2CCCC(C)C2)CC1. The van der Waals surface area contributed by atoms with Gasteiger partial charge in [0, 0.05) is 37.7 Å². The lowest BCUT2D eigenvalue weighted by Crippen LogP contribution is -2.46. The van der Waals surface area contributed by atoms with Gasteiger partial charge >= 0.3 is 0 Å². The van der Waals surface area contributed by atoms with Crippen molar-refractivity contribution >= 4 is 23.2 Å². The van der Waals surface area contributed by atoms with E-state index in [2.05, 4.69) is 16.8 Å². The van der Waals surface area contributed by atoms with E-state index in [-0.39, 0.29) is 11.8 Å². The Kier molecular flexibility index (Phi) is 5.99. The molecular formula is C23H29N3O2S. The van der Waals surface area contributed by atoms with Crippen LogP contribution in [0, 0.1) is 18.8 Å². The highest BCUT2D eigenvalue weighted by Crippen LogP contribution is 2.30. The zero-order valence-corrected chi connectivity index (χ0v) is 18.1. The number of piperidine rings is 2. The molecule has 29 heavy (non-hydrogen) atoms. The Hall–Kier alpha value is -2.21. The summed E-state index contributed by atoms with van der Waals surface area (Å²) in [6.45, 7) is 7.21. The fourth-order valence-electron chi connectivity index (χ4n) is 4.42. The third kappa shape index (κ3) is 4.37. The minimum atomic E-state index is 0.0553. The number of benzene rings is 1. The lowest BCUT2D eigenvalue weighted by molar-refractivity contribution is -0.138. The van der Waals surface area contributed by atoms with Crippen LogP contribution < -0.4 is 0 Å². The Labute approximate surface area is 176 Å². The van der Waals surface area contributed by atoms with Crippen molar-refractivity contribution in [2.75, 3.05) is 26.2 Å². The molecule has 2 aromatic rings. The largest absolute Gasteiger partial charge is 0.342 e. The zero-order chi connectivity index (χ0) is 20.4. The summed E-state index contributed by atoms with van der Waals surface area (Å²) in [7, 11) is 0. The average Bonchev–Trinajstić information content (AvgIpc) is 3.15. The number of carbonyl (C=O) groups is 2. The van der Waals surface area contributed by atoms with Gasteiger partial charge in [-0.25, -0.2) is 4.98 Å². The van der Waals surface area contributed by atoms with Gasteiger partial charge in [-0.3, -0.25) is 9.59 Å². The molecule has 4 rings (SSSR count). The van der Waals surface area contributed by atoms with Crippen LogP contribution >= 0.6 is 11.3 Å². The van der Waals surface area contributed by atoms with Gasteiger partial charge in [-0.05, 0) is 38.5 Å². The number of rotatable bonds is 3. The summed E-state index contributed by atoms with van der Waals surface area (Å²) in [4.78, 5) is 35.3. The number of hydrogen-bond acceptors (Lipinski definition) is 4. The Morgan fingerprint density at radius 3 is 2.45 bits per heavy atom. The summed E-state index contributed by atoms with van der Waals surface area (Å²) >= 11 is 1.47. The minimum Gasteiger partial charge on any atom is -0.342 e. The molecule has 0 radical (unpaired) electrons. The molecule has 0 aliphatic carbocycles. The first-order valence-corrected chi connectivity index (χ1v) is 11.5. The van der Waals surface area contributed by atoms with Gasteiger partial charge in [-0.1, -0.05) is 37.3 Å². The van der Waals surface area contributed by atoms with E-state index < -0.39 is 0 Å². The van der Waals surface area contributed by atoms with Gasteiger partial charge in [0.2, 0.25) is 5.91 Å². The van der Waals surface area contributed by atoms with Crippen molar-refractivity contribution < 1.29 is 9.59 Å². The first kappa shape index (κ1) is 20.1. The van der Waals surface area contributed by atoms with E-state index in [1.165, 1.54) is 17.8 Å². The molecule has 2 saturated heterocycles. The van der Waals surface area contributed by atoms with Gasteiger partial charge in [0.25, 0.3) is 5.91 Å². The van der Waals surface area contributed by atoms with Gasteiger partial charge in [0.1, 0.15) is 9.88 Å². The molecule has 2 fully saturated rings. The van der Waals surface area contributed by atoms with Gasteiger partial charge in [0.05, 0.1) is 5.69 Å². The molecule has 2 amide bonds. The second-order valence-corrected chi connectivity index (χ2v) is 9.40. The predicted molar refractivity (Wildman–Crippen MR) is 116 cm³/mol. The second-order valence-electron chi connectivity index (χ2n) is 8.40. The Morgan fingerprint density at radius 2 is 1.76 bits per heavy atom. The zero-order valence-electron chi connectivity index (χ0n) is 17.3. The summed E-state index contributed by atoms with van der Waals surface area (Å²) in [5.41, 5.74) is 1.83. The molecule has 5 nitrogen and oxygen atoms in total. The molecule has 0 N–H and O–H groups in total. The van der Waals surface area contributed by atoms with E-state index in [4.69, 9.17) is 0 Å². The highest BCUT2D eigenvalue weighted by molar-refractivity contribution is 7.17. The molecule has 1 unspecified atom stereocenters. The van der Waals surface area contributed by atoms with Crippen LogP contribution in [0.25, 0.3) is 10.6 Å². The number of likely N-dealkylation sites (tertiary alicyclic amines) is 2. The molecule has 0 bridgehead atoms. The highest BCUT2D eigenvalue weighted by Gasteiger charge is 2.33. The minimum absolute atomic E-state index is 0.0553. The number of carbonyl (C=O) groups excluding carboxylic acids is 2. The van der Waals surface area contributed by atoms with Crippen molar-refractivity contribution in [2.24, 2.45) is 11.8 Å². The first-order chi connectivity index (χ1) is 14.0. The standard InChI is InChI=1S/C23H29N3O2S/c1-16-7-6-12-26(15-16)22(27)19-10-13-25(14-11-19)23(28)20-17(2)24-21(29-20)18-8-4-3-5-9-18/h3-5,8-9,16,19H,6-7,10-15H2,1-2H3. The number of aromatic nitrogens is 1. The molecular weight excluding hydrogens is 382 g/mol. The quantitative estimate of drug-likeness (QED) is 0.759. The number of aryl methyl sites for hydroxylation is 1. The van der Waals surface area contributed by atoms with Crippen molar-refractivity contribution in [2.45, 2.75) is 39.5 Å². The van der Waals surface area contributed by atoms with Crippen molar-refractivity contribution in [3.63, 3.8) is 0 Å². The normalized spacial score (nSPS) is 20.7. The Bertz CT molecular complexity index is 872. The molecule has 3 heterocycles. The van der Waals surface area contributed by atoms with E-state index in [1.54, 1.807) is 0 Å². The van der Waals surface area contributed by atoms with E-state index in [0.29, 0.717) is 24.9 Å². The summed E-state index contributed by atoms with van der Waals surface area (Å²) in [5, 5.41) is 0.885. The fraction of sp³-hybridized carbons (Fsp3) is 0.522. The maximum Gasteiger partial charge on any atom is 0.265 e. The Morgan fingerprint density at radius 1 is 1.03 bits per heavy atom. The second kappa shape index (κ2) is 8.66. The topological polar surface area (TPSA) is 53.5 Å². The average molecular weight is 412 g/mol. The van der Waals surface area contributed by atoms with Crippen LogP contribution in [0.2, 0.25) is 0 Å². The number of nitrogens with zero attached hydrogens (tertiary/aromatic N) is 3. The molecule has 1 atom stereocenters. The highest BCUT2D eigenvalue weighted by atomic mass is 32.1. The molecule has 6 heteroatoms. The van der Waals surface area contributed by atoms with Gasteiger partial charge in [-0.15, -0.1) is 11.3 Å². The lowest BCUT2D eigenvalue weighted by Gasteiger charge is -2.37. The molecule has 2 aliphatic heterocycles. The van der Waals surface area contributed by atoms with Gasteiger partial charge < -0.3 is 9.80 Å². The van der Waals surface area contributed by atoms with Crippen LogP contribution in [0.4, 0.5) is 0 Å². The summed E-state index contributed by atoms with van der Waals surface area (Å²) < 4.78 is 0. The van der Waals surface area contributed by atoms with E-state index in [0.717, 1.165) is 53.5 Å². The van der Waals surface area contributed by atoms with Crippen LogP contribution in [-0.4, -0.2) is 52.8 Å². The van der Waals surface area contributed by atoms with Crippen molar-refractivity contribution in [1.82, 2.24) is 14.8 Å². The molecule has 1 aromatic heterocycles. The molecule has 0 saturated carbocycles. The van der Waals surface area contributed by atoms with Gasteiger partial charge in [0.15, 0.2) is 0 Å². The molecule has 0 spiro atoms. The summed E-state index contributed by atoms with van der Waals surface area (Å²) in [5.74, 6) is 1.01. The third-order valence-electron chi connectivity index (χ3n) is 6.11. The monoisotopic (exact) mass is 411 g/mol. The van der Waals surface area contributed by atoms with Crippen LogP contribution in [0.3, 0.4) is 0 Å². The number of amides is 2. The van der Waals surface area contributed by atoms with Crippen molar-refractivity contribution in [1.29, 1.82) is 0 Å². The van der Waals surface area contributed by atoms with E-state index in [9.17, 15) is 9.59 Å². The summed E-state index contributed by atoms with van der Waals surface area (Å²) in [6, 6.07) is 9.99. The van der Waals surface area contributed by atoms with Crippen LogP contribution in [0.15, 0.2) is 30.3 Å². The fourth-order valence-corrected chi connectivity index (χ4v) is 5.46. The van der Waals surface area contributed by atoms with Crippen molar-refractivity contribution in [3.05, 3.63) is 40.9 Å². The van der Waals surface area contributed by atoms with Gasteiger partial charge in [-0.2, -0.15) is 0 Å². The number of thiazole rings is 1. The lowest BCUT2D eigenvalue weighted by atomic mass is 9.92. The third-order valence-corrected chi connectivity index (χ3v) is 7.31. The maximum atomic E-state index is 13.1. The molecule has 1 aromatic carbocycles. The van der Waals surface area contributed by atoms with Crippen LogP contribution in [0.1, 0.15) is 48.0 Å². The smallest absolute Gasteiger partial charge is 0.265 e.